The summed E-state index contributed by atoms with van der Waals surface area (Å²) in [5, 5.41) is 13.6. The molecule has 1 aromatic carbocycles. The Morgan fingerprint density at radius 3 is 2.88 bits per heavy atom. The zero-order chi connectivity index (χ0) is 24.5. The maximum Gasteiger partial charge on any atom is 0.296 e. The first-order chi connectivity index (χ1) is 16.2. The number of carbonyl (C=O) groups is 1. The van der Waals surface area contributed by atoms with Crippen LogP contribution in [0.4, 0.5) is 6.01 Å². The van der Waals surface area contributed by atoms with Gasteiger partial charge in [-0.1, -0.05) is 25.4 Å². The van der Waals surface area contributed by atoms with Crippen LogP contribution in [0.2, 0.25) is 5.02 Å². The number of morpholine rings is 1. The van der Waals surface area contributed by atoms with Gasteiger partial charge in [-0.05, 0) is 31.2 Å². The number of aromatic nitrogens is 2. The van der Waals surface area contributed by atoms with Crippen LogP contribution in [0.5, 0.6) is 5.75 Å². The molecule has 1 aliphatic heterocycles. The molecule has 1 amide bonds. The van der Waals surface area contributed by atoms with Crippen molar-refractivity contribution in [3.8, 4) is 5.75 Å². The maximum absolute atomic E-state index is 13.6. The highest BCUT2D eigenvalue weighted by atomic mass is 35.5. The summed E-state index contributed by atoms with van der Waals surface area (Å²) in [7, 11) is 1.52. The Labute approximate surface area is 203 Å². The van der Waals surface area contributed by atoms with Crippen LogP contribution in [0.25, 0.3) is 11.1 Å². The van der Waals surface area contributed by atoms with Crippen molar-refractivity contribution in [2.24, 2.45) is 5.41 Å². The molecule has 34 heavy (non-hydrogen) atoms. The summed E-state index contributed by atoms with van der Waals surface area (Å²) < 4.78 is 17.2. The number of amides is 1. The molecular weight excluding hydrogens is 460 g/mol. The highest BCUT2D eigenvalue weighted by molar-refractivity contribution is 6.30. The van der Waals surface area contributed by atoms with Crippen molar-refractivity contribution in [2.75, 3.05) is 32.2 Å². The van der Waals surface area contributed by atoms with Crippen molar-refractivity contribution in [3.05, 3.63) is 46.7 Å². The minimum absolute atomic E-state index is 0.0681. The van der Waals surface area contributed by atoms with Crippen molar-refractivity contribution in [1.29, 1.82) is 0 Å². The van der Waals surface area contributed by atoms with Crippen LogP contribution in [-0.2, 0) is 11.3 Å². The second-order valence-corrected chi connectivity index (χ2v) is 9.57. The molecule has 2 N–H and O–H groups in total. The molecule has 0 bridgehead atoms. The van der Waals surface area contributed by atoms with Gasteiger partial charge in [-0.15, -0.1) is 0 Å². The predicted octanol–water partition coefficient (Wildman–Crippen LogP) is 3.74. The number of nitrogens with zero attached hydrogens (tertiary/aromatic N) is 3. The minimum atomic E-state index is -0.524. The van der Waals surface area contributed by atoms with Gasteiger partial charge >= 0.3 is 0 Å². The molecule has 9 nitrogen and oxygen atoms in total. The number of carbonyl (C=O) groups excluding carboxylic acids is 1. The van der Waals surface area contributed by atoms with E-state index >= 15 is 0 Å². The summed E-state index contributed by atoms with van der Waals surface area (Å²) in [5.74, 6) is 0.226. The number of aliphatic hydroxyl groups excluding tert-OH is 1. The first-order valence-corrected chi connectivity index (χ1v) is 11.5. The Hall–Kier alpha value is -2.88. The van der Waals surface area contributed by atoms with E-state index in [1.807, 2.05) is 20.8 Å². The number of aliphatic hydroxyl groups is 1. The number of fused-ring (bicyclic) bond motifs is 1. The Morgan fingerprint density at radius 1 is 1.38 bits per heavy atom. The van der Waals surface area contributed by atoms with E-state index in [0.29, 0.717) is 47.1 Å². The standard InChI is InChI=1S/C24H29ClN4O5/c1-14-11-29(20(12-33-14)24(2,3)13-30)22(31)15-7-18-21(19(8-15)32-4)34-23(28-18)27-10-17-9-16(25)5-6-26-17/h5-9,14,20,30H,10-13H2,1-4H3,(H,27,28). The molecule has 4 rings (SSSR count). The number of anilines is 1. The third-order valence-corrected chi connectivity index (χ3v) is 6.30. The molecule has 2 unspecified atom stereocenters. The number of rotatable bonds is 7. The van der Waals surface area contributed by atoms with Gasteiger partial charge in [0.25, 0.3) is 11.9 Å². The first kappa shape index (κ1) is 24.3. The SMILES string of the molecule is COc1cc(C(=O)N2CC(C)OCC2C(C)(C)CO)cc2nc(NCc3cc(Cl)ccn3)oc12. The molecule has 1 fully saturated rings. The van der Waals surface area contributed by atoms with Gasteiger partial charge in [0.2, 0.25) is 0 Å². The molecule has 182 valence electrons. The number of benzene rings is 1. The van der Waals surface area contributed by atoms with Crippen LogP contribution in [0, 0.1) is 5.41 Å². The lowest BCUT2D eigenvalue weighted by molar-refractivity contribution is -0.0853. The van der Waals surface area contributed by atoms with E-state index < -0.39 is 5.41 Å². The van der Waals surface area contributed by atoms with Gasteiger partial charge in [0, 0.05) is 28.7 Å². The van der Waals surface area contributed by atoms with Gasteiger partial charge in [0.1, 0.15) is 5.52 Å². The number of ether oxygens (including phenoxy) is 2. The van der Waals surface area contributed by atoms with Crippen LogP contribution in [0.3, 0.4) is 0 Å². The Bertz CT molecular complexity index is 1180. The fourth-order valence-electron chi connectivity index (χ4n) is 4.01. The van der Waals surface area contributed by atoms with E-state index in [1.54, 1.807) is 35.4 Å². The van der Waals surface area contributed by atoms with Gasteiger partial charge in [-0.2, -0.15) is 4.98 Å². The van der Waals surface area contributed by atoms with Crippen molar-refractivity contribution >= 4 is 34.6 Å². The van der Waals surface area contributed by atoms with Gasteiger partial charge in [-0.3, -0.25) is 9.78 Å². The number of hydrogen-bond acceptors (Lipinski definition) is 8. The molecule has 2 aromatic heterocycles. The van der Waals surface area contributed by atoms with Crippen molar-refractivity contribution < 1.29 is 23.8 Å². The summed E-state index contributed by atoms with van der Waals surface area (Å²) in [6, 6.07) is 6.80. The molecule has 10 heteroatoms. The number of oxazole rings is 1. The fourth-order valence-corrected chi connectivity index (χ4v) is 4.19. The molecule has 1 aliphatic rings. The lowest BCUT2D eigenvalue weighted by Gasteiger charge is -2.45. The summed E-state index contributed by atoms with van der Waals surface area (Å²) >= 11 is 6.02. The summed E-state index contributed by atoms with van der Waals surface area (Å²) in [6.07, 6.45) is 1.52. The lowest BCUT2D eigenvalue weighted by Crippen LogP contribution is -2.58. The number of methoxy groups -OCH3 is 1. The van der Waals surface area contributed by atoms with E-state index in [0.717, 1.165) is 5.69 Å². The number of pyridine rings is 1. The van der Waals surface area contributed by atoms with Crippen LogP contribution in [0.15, 0.2) is 34.9 Å². The van der Waals surface area contributed by atoms with Crippen LogP contribution < -0.4 is 10.1 Å². The Kier molecular flexibility index (Phi) is 6.97. The van der Waals surface area contributed by atoms with Crippen LogP contribution in [0.1, 0.15) is 36.8 Å². The van der Waals surface area contributed by atoms with E-state index in [4.69, 9.17) is 25.5 Å². The van der Waals surface area contributed by atoms with E-state index in [2.05, 4.69) is 15.3 Å². The topological polar surface area (TPSA) is 110 Å². The zero-order valence-electron chi connectivity index (χ0n) is 19.7. The normalized spacial score (nSPS) is 18.8. The fraction of sp³-hybridized carbons (Fsp3) is 0.458. The number of nitrogens with one attached hydrogen (secondary N) is 1. The lowest BCUT2D eigenvalue weighted by atomic mass is 9.83. The highest BCUT2D eigenvalue weighted by Crippen LogP contribution is 2.33. The van der Waals surface area contributed by atoms with Crippen molar-refractivity contribution in [2.45, 2.75) is 39.5 Å². The Balaban J connectivity index is 1.62. The quantitative estimate of drug-likeness (QED) is 0.517. The average molecular weight is 489 g/mol. The molecule has 0 spiro atoms. The molecule has 0 saturated carbocycles. The second-order valence-electron chi connectivity index (χ2n) is 9.13. The summed E-state index contributed by atoms with van der Waals surface area (Å²) in [6.45, 7) is 6.85. The number of halogens is 1. The molecule has 0 radical (unpaired) electrons. The van der Waals surface area contributed by atoms with Crippen LogP contribution in [-0.4, -0.2) is 64.9 Å². The summed E-state index contributed by atoms with van der Waals surface area (Å²) in [5.41, 5.74) is 1.56. The van der Waals surface area contributed by atoms with E-state index in [1.165, 1.54) is 7.11 Å². The average Bonchev–Trinajstić information content (AvgIpc) is 3.24. The van der Waals surface area contributed by atoms with Crippen molar-refractivity contribution in [1.82, 2.24) is 14.9 Å². The molecule has 0 aliphatic carbocycles. The zero-order valence-corrected chi connectivity index (χ0v) is 20.4. The first-order valence-electron chi connectivity index (χ1n) is 11.1. The minimum Gasteiger partial charge on any atom is -0.493 e. The molecule has 3 aromatic rings. The predicted molar refractivity (Wildman–Crippen MR) is 128 cm³/mol. The molecule has 2 atom stereocenters. The highest BCUT2D eigenvalue weighted by Gasteiger charge is 2.40. The van der Waals surface area contributed by atoms with E-state index in [-0.39, 0.29) is 30.7 Å². The van der Waals surface area contributed by atoms with Crippen molar-refractivity contribution in [3.63, 3.8) is 0 Å². The number of hydrogen-bond donors (Lipinski definition) is 2. The molecular formula is C24H29ClN4O5. The monoisotopic (exact) mass is 488 g/mol. The third-order valence-electron chi connectivity index (χ3n) is 6.06. The van der Waals surface area contributed by atoms with Gasteiger partial charge in [-0.25, -0.2) is 0 Å². The largest absolute Gasteiger partial charge is 0.493 e. The van der Waals surface area contributed by atoms with Gasteiger partial charge in [0.15, 0.2) is 11.3 Å². The molecule has 1 saturated heterocycles. The Morgan fingerprint density at radius 2 is 2.18 bits per heavy atom. The van der Waals surface area contributed by atoms with Gasteiger partial charge < -0.3 is 29.2 Å². The third kappa shape index (κ3) is 4.96. The van der Waals surface area contributed by atoms with E-state index in [9.17, 15) is 9.90 Å². The van der Waals surface area contributed by atoms with Gasteiger partial charge in [0.05, 0.1) is 44.7 Å². The molecule has 3 heterocycles. The smallest absolute Gasteiger partial charge is 0.296 e. The maximum atomic E-state index is 13.6. The second kappa shape index (κ2) is 9.77. The summed E-state index contributed by atoms with van der Waals surface area (Å²) in [4.78, 5) is 24.1. The van der Waals surface area contributed by atoms with Crippen LogP contribution >= 0.6 is 11.6 Å².